The standard InChI is InChI=1S/C23H25FN4O2/c1-30-22-8-2-18(3-9-22)10-11-26-23(29)19(16-25)17-27-12-14-28(15-13-27)21-6-4-20(24)5-7-21/h2-9,17H,10-15H2,1H3,(H,26,29)/b19-17-. The van der Waals surface area contributed by atoms with Crippen LogP contribution in [0.15, 0.2) is 60.3 Å². The maximum atomic E-state index is 13.1. The number of benzene rings is 2. The van der Waals surface area contributed by atoms with Crippen LogP contribution in [0.25, 0.3) is 0 Å². The van der Waals surface area contributed by atoms with Crippen molar-refractivity contribution in [3.8, 4) is 11.8 Å². The second-order valence-electron chi connectivity index (χ2n) is 7.01. The van der Waals surface area contributed by atoms with Crippen molar-refractivity contribution in [1.29, 1.82) is 5.26 Å². The normalized spacial score (nSPS) is 14.2. The van der Waals surface area contributed by atoms with Crippen molar-refractivity contribution in [2.45, 2.75) is 6.42 Å². The molecular formula is C23H25FN4O2. The lowest BCUT2D eigenvalue weighted by Gasteiger charge is -2.35. The Morgan fingerprint density at radius 3 is 2.40 bits per heavy atom. The molecule has 0 saturated carbocycles. The van der Waals surface area contributed by atoms with Crippen LogP contribution in [0.3, 0.4) is 0 Å². The van der Waals surface area contributed by atoms with Gasteiger partial charge in [-0.2, -0.15) is 5.26 Å². The number of anilines is 1. The summed E-state index contributed by atoms with van der Waals surface area (Å²) in [5.74, 6) is 0.168. The molecule has 6 nitrogen and oxygen atoms in total. The maximum Gasteiger partial charge on any atom is 0.263 e. The molecule has 1 amide bonds. The fourth-order valence-corrected chi connectivity index (χ4v) is 3.29. The highest BCUT2D eigenvalue weighted by atomic mass is 19.1. The van der Waals surface area contributed by atoms with Crippen molar-refractivity contribution in [2.24, 2.45) is 0 Å². The van der Waals surface area contributed by atoms with Crippen LogP contribution in [0.5, 0.6) is 5.75 Å². The van der Waals surface area contributed by atoms with Crippen LogP contribution in [-0.2, 0) is 11.2 Å². The molecule has 0 radical (unpaired) electrons. The maximum absolute atomic E-state index is 13.1. The van der Waals surface area contributed by atoms with E-state index in [1.807, 2.05) is 35.2 Å². The first-order chi connectivity index (χ1) is 14.6. The van der Waals surface area contributed by atoms with Gasteiger partial charge >= 0.3 is 0 Å². The number of carbonyl (C=O) groups excluding carboxylic acids is 1. The zero-order valence-electron chi connectivity index (χ0n) is 17.0. The summed E-state index contributed by atoms with van der Waals surface area (Å²) in [7, 11) is 1.62. The van der Waals surface area contributed by atoms with Gasteiger partial charge in [-0.1, -0.05) is 12.1 Å². The Bertz CT molecular complexity index is 912. The third kappa shape index (κ3) is 5.74. The Kier molecular flexibility index (Phi) is 7.28. The quantitative estimate of drug-likeness (QED) is 0.564. The van der Waals surface area contributed by atoms with Crippen molar-refractivity contribution < 1.29 is 13.9 Å². The van der Waals surface area contributed by atoms with Crippen molar-refractivity contribution in [3.05, 3.63) is 71.7 Å². The Morgan fingerprint density at radius 1 is 1.13 bits per heavy atom. The molecule has 1 aliphatic heterocycles. The molecule has 2 aromatic rings. The van der Waals surface area contributed by atoms with Gasteiger partial charge in [0.05, 0.1) is 7.11 Å². The fourth-order valence-electron chi connectivity index (χ4n) is 3.29. The number of hydrogen-bond acceptors (Lipinski definition) is 5. The zero-order chi connectivity index (χ0) is 21.3. The van der Waals surface area contributed by atoms with Crippen LogP contribution in [0.2, 0.25) is 0 Å². The predicted octanol–water partition coefficient (Wildman–Crippen LogP) is 2.72. The van der Waals surface area contributed by atoms with E-state index in [-0.39, 0.29) is 17.3 Å². The number of nitrogens with one attached hydrogen (secondary N) is 1. The molecule has 0 unspecified atom stereocenters. The van der Waals surface area contributed by atoms with Crippen molar-refractivity contribution in [2.75, 3.05) is 44.7 Å². The number of rotatable bonds is 7. The molecule has 1 N–H and O–H groups in total. The molecule has 30 heavy (non-hydrogen) atoms. The number of nitriles is 1. The summed E-state index contributed by atoms with van der Waals surface area (Å²) in [4.78, 5) is 16.5. The highest BCUT2D eigenvalue weighted by Crippen LogP contribution is 2.17. The summed E-state index contributed by atoms with van der Waals surface area (Å²) in [5.41, 5.74) is 2.15. The van der Waals surface area contributed by atoms with Gasteiger partial charge in [0.15, 0.2) is 0 Å². The van der Waals surface area contributed by atoms with E-state index in [4.69, 9.17) is 4.74 Å². The van der Waals surface area contributed by atoms with Crippen LogP contribution < -0.4 is 15.0 Å². The smallest absolute Gasteiger partial charge is 0.263 e. The summed E-state index contributed by atoms with van der Waals surface area (Å²) in [6.45, 7) is 3.28. The number of ether oxygens (including phenoxy) is 1. The second-order valence-corrected chi connectivity index (χ2v) is 7.01. The first-order valence-electron chi connectivity index (χ1n) is 9.86. The lowest BCUT2D eigenvalue weighted by molar-refractivity contribution is -0.117. The van der Waals surface area contributed by atoms with Gasteiger partial charge < -0.3 is 19.9 Å². The zero-order valence-corrected chi connectivity index (χ0v) is 17.0. The molecule has 1 heterocycles. The fraction of sp³-hybridized carbons (Fsp3) is 0.304. The monoisotopic (exact) mass is 408 g/mol. The molecule has 7 heteroatoms. The lowest BCUT2D eigenvalue weighted by Crippen LogP contribution is -2.44. The van der Waals surface area contributed by atoms with Gasteiger partial charge in [0.25, 0.3) is 5.91 Å². The molecule has 3 rings (SSSR count). The molecule has 1 fully saturated rings. The van der Waals surface area contributed by atoms with Crippen molar-refractivity contribution in [1.82, 2.24) is 10.2 Å². The Labute approximate surface area is 176 Å². The van der Waals surface area contributed by atoms with Crippen LogP contribution in [0, 0.1) is 17.1 Å². The van der Waals surface area contributed by atoms with Crippen molar-refractivity contribution >= 4 is 11.6 Å². The molecule has 1 aliphatic rings. The minimum absolute atomic E-state index is 0.0972. The Hall–Kier alpha value is -3.53. The van der Waals surface area contributed by atoms with E-state index < -0.39 is 0 Å². The minimum Gasteiger partial charge on any atom is -0.497 e. The number of nitrogens with zero attached hydrogens (tertiary/aromatic N) is 3. The highest BCUT2D eigenvalue weighted by molar-refractivity contribution is 5.97. The van der Waals surface area contributed by atoms with Crippen molar-refractivity contribution in [3.63, 3.8) is 0 Å². The molecule has 2 aromatic carbocycles. The van der Waals surface area contributed by atoms with E-state index in [1.54, 1.807) is 25.4 Å². The second kappa shape index (κ2) is 10.3. The predicted molar refractivity (Wildman–Crippen MR) is 114 cm³/mol. The van der Waals surface area contributed by atoms with Crippen LogP contribution in [0.1, 0.15) is 5.56 Å². The SMILES string of the molecule is COc1ccc(CCNC(=O)/C(C#N)=C\N2CCN(c3ccc(F)cc3)CC2)cc1. The summed E-state index contributed by atoms with van der Waals surface area (Å²) in [5, 5.41) is 12.2. The number of carbonyl (C=O) groups is 1. The van der Waals surface area contributed by atoms with E-state index in [1.165, 1.54) is 12.1 Å². The van der Waals surface area contributed by atoms with Gasteiger partial charge in [0.1, 0.15) is 23.2 Å². The summed E-state index contributed by atoms with van der Waals surface area (Å²) < 4.78 is 18.2. The minimum atomic E-state index is -0.369. The number of piperazine rings is 1. The Balaban J connectivity index is 1.48. The first kappa shape index (κ1) is 21.2. The number of halogens is 1. The number of amides is 1. The average molecular weight is 408 g/mol. The van der Waals surface area contributed by atoms with Gasteiger partial charge in [0.2, 0.25) is 0 Å². The van der Waals surface area contributed by atoms with E-state index in [0.29, 0.717) is 26.1 Å². The molecule has 156 valence electrons. The summed E-state index contributed by atoms with van der Waals surface area (Å²) in [6, 6.07) is 16.1. The van der Waals surface area contributed by atoms with Crippen LogP contribution in [0.4, 0.5) is 10.1 Å². The van der Waals surface area contributed by atoms with Gasteiger partial charge in [-0.3, -0.25) is 4.79 Å². The van der Waals surface area contributed by atoms with E-state index >= 15 is 0 Å². The topological polar surface area (TPSA) is 68.6 Å². The number of methoxy groups -OCH3 is 1. The molecule has 0 aliphatic carbocycles. The van der Waals surface area contributed by atoms with Gasteiger partial charge in [-0.05, 0) is 48.4 Å². The first-order valence-corrected chi connectivity index (χ1v) is 9.86. The number of hydrogen-bond donors (Lipinski definition) is 1. The van der Waals surface area contributed by atoms with Gasteiger partial charge in [-0.15, -0.1) is 0 Å². The summed E-state index contributed by atoms with van der Waals surface area (Å²) >= 11 is 0. The molecule has 0 spiro atoms. The van der Waals surface area contributed by atoms with E-state index in [9.17, 15) is 14.4 Å². The summed E-state index contributed by atoms with van der Waals surface area (Å²) in [6.07, 6.45) is 2.30. The highest BCUT2D eigenvalue weighted by Gasteiger charge is 2.17. The largest absolute Gasteiger partial charge is 0.497 e. The molecule has 0 aromatic heterocycles. The third-order valence-electron chi connectivity index (χ3n) is 5.04. The molecule has 0 atom stereocenters. The van der Waals surface area contributed by atoms with Gasteiger partial charge in [-0.25, -0.2) is 4.39 Å². The third-order valence-corrected chi connectivity index (χ3v) is 5.04. The van der Waals surface area contributed by atoms with E-state index in [0.717, 1.165) is 30.1 Å². The van der Waals surface area contributed by atoms with Gasteiger partial charge in [0, 0.05) is 44.6 Å². The van der Waals surface area contributed by atoms with Crippen LogP contribution >= 0.6 is 0 Å². The molecular weight excluding hydrogens is 383 g/mol. The van der Waals surface area contributed by atoms with E-state index in [2.05, 4.69) is 10.2 Å². The molecule has 0 bridgehead atoms. The van der Waals surface area contributed by atoms with Crippen LogP contribution in [-0.4, -0.2) is 50.6 Å². The lowest BCUT2D eigenvalue weighted by atomic mass is 10.1. The Morgan fingerprint density at radius 2 is 1.80 bits per heavy atom. The molecule has 1 saturated heterocycles. The average Bonchev–Trinajstić information content (AvgIpc) is 2.79.